The molecule has 3 heterocycles. The van der Waals surface area contributed by atoms with E-state index in [9.17, 15) is 5.26 Å². The molecule has 5 heteroatoms. The van der Waals surface area contributed by atoms with Crippen molar-refractivity contribution in [1.82, 2.24) is 19.4 Å². The van der Waals surface area contributed by atoms with E-state index in [0.29, 0.717) is 6.04 Å². The summed E-state index contributed by atoms with van der Waals surface area (Å²) in [5, 5.41) is 9.36. The smallest absolute Gasteiger partial charge is 0.141 e. The van der Waals surface area contributed by atoms with Crippen LogP contribution in [-0.2, 0) is 6.54 Å². The van der Waals surface area contributed by atoms with E-state index in [0.717, 1.165) is 55.0 Å². The first-order chi connectivity index (χ1) is 13.3. The first-order valence-electron chi connectivity index (χ1n) is 9.41. The number of pyridine rings is 1. The van der Waals surface area contributed by atoms with Gasteiger partial charge in [-0.15, -0.1) is 0 Å². The third-order valence-electron chi connectivity index (χ3n) is 5.28. The van der Waals surface area contributed by atoms with E-state index in [-0.39, 0.29) is 0 Å². The maximum absolute atomic E-state index is 9.36. The average molecular weight is 357 g/mol. The largest absolute Gasteiger partial charge is 0.324 e. The molecule has 0 N–H and O–H groups in total. The van der Waals surface area contributed by atoms with Crippen molar-refractivity contribution in [2.75, 3.05) is 13.1 Å². The summed E-state index contributed by atoms with van der Waals surface area (Å²) in [5.41, 5.74) is 4.11. The zero-order valence-electron chi connectivity index (χ0n) is 15.5. The molecule has 136 valence electrons. The summed E-state index contributed by atoms with van der Waals surface area (Å²) < 4.78 is 2.36. The van der Waals surface area contributed by atoms with Crippen molar-refractivity contribution in [2.24, 2.45) is 0 Å². The van der Waals surface area contributed by atoms with Gasteiger partial charge in [-0.05, 0) is 50.1 Å². The van der Waals surface area contributed by atoms with Crippen LogP contribution in [0.5, 0.6) is 0 Å². The number of aryl methyl sites for hydroxylation is 1. The molecule has 0 radical (unpaired) electrons. The van der Waals surface area contributed by atoms with Crippen LogP contribution >= 0.6 is 0 Å². The molecule has 2 aromatic heterocycles. The van der Waals surface area contributed by atoms with E-state index >= 15 is 0 Å². The fraction of sp³-hybridized carbons (Fsp3) is 0.318. The van der Waals surface area contributed by atoms with Gasteiger partial charge in [-0.3, -0.25) is 9.88 Å². The lowest BCUT2D eigenvalue weighted by Gasteiger charge is -2.35. The minimum Gasteiger partial charge on any atom is -0.324 e. The third kappa shape index (κ3) is 3.62. The molecule has 5 nitrogen and oxygen atoms in total. The van der Waals surface area contributed by atoms with Crippen molar-refractivity contribution in [3.63, 3.8) is 0 Å². The van der Waals surface area contributed by atoms with Crippen LogP contribution in [-0.4, -0.2) is 32.5 Å². The third-order valence-corrected chi connectivity index (χ3v) is 5.28. The Balaban J connectivity index is 1.58. The molecule has 3 aromatic rings. The SMILES string of the molecule is Cc1cnc(-c2cccnc2)n1C1CCCN(Cc2ccccc2C#N)C1. The van der Waals surface area contributed by atoms with Gasteiger partial charge in [0.1, 0.15) is 5.82 Å². The monoisotopic (exact) mass is 357 g/mol. The number of nitriles is 1. The molecule has 1 saturated heterocycles. The number of imidazole rings is 1. The van der Waals surface area contributed by atoms with Crippen molar-refractivity contribution < 1.29 is 0 Å². The Morgan fingerprint density at radius 2 is 2.07 bits per heavy atom. The second kappa shape index (κ2) is 7.73. The van der Waals surface area contributed by atoms with Crippen molar-refractivity contribution in [1.29, 1.82) is 5.26 Å². The summed E-state index contributed by atoms with van der Waals surface area (Å²) in [4.78, 5) is 11.4. The number of hydrogen-bond acceptors (Lipinski definition) is 4. The lowest BCUT2D eigenvalue weighted by Crippen LogP contribution is -2.36. The van der Waals surface area contributed by atoms with E-state index in [1.54, 1.807) is 6.20 Å². The van der Waals surface area contributed by atoms with Gasteiger partial charge in [-0.25, -0.2) is 4.98 Å². The van der Waals surface area contributed by atoms with E-state index in [2.05, 4.69) is 44.6 Å². The second-order valence-electron chi connectivity index (χ2n) is 7.14. The fourth-order valence-corrected chi connectivity index (χ4v) is 4.01. The van der Waals surface area contributed by atoms with Gasteiger partial charge in [0.05, 0.1) is 11.6 Å². The Bertz CT molecular complexity index is 954. The molecule has 1 unspecified atom stereocenters. The number of aromatic nitrogens is 3. The van der Waals surface area contributed by atoms with Gasteiger partial charge in [0, 0.05) is 49.0 Å². The van der Waals surface area contributed by atoms with Gasteiger partial charge < -0.3 is 4.57 Å². The van der Waals surface area contributed by atoms with Crippen LogP contribution in [0.4, 0.5) is 0 Å². The second-order valence-corrected chi connectivity index (χ2v) is 7.14. The van der Waals surface area contributed by atoms with Gasteiger partial charge in [-0.2, -0.15) is 5.26 Å². The molecule has 0 saturated carbocycles. The highest BCUT2D eigenvalue weighted by Gasteiger charge is 2.25. The molecule has 1 atom stereocenters. The van der Waals surface area contributed by atoms with Crippen LogP contribution < -0.4 is 0 Å². The lowest BCUT2D eigenvalue weighted by atomic mass is 10.0. The van der Waals surface area contributed by atoms with Gasteiger partial charge in [0.2, 0.25) is 0 Å². The summed E-state index contributed by atoms with van der Waals surface area (Å²) in [7, 11) is 0. The molecule has 0 spiro atoms. The van der Waals surface area contributed by atoms with E-state index in [1.165, 1.54) is 5.69 Å². The average Bonchev–Trinajstić information content (AvgIpc) is 3.11. The lowest BCUT2D eigenvalue weighted by molar-refractivity contribution is 0.170. The zero-order chi connectivity index (χ0) is 18.6. The number of hydrogen-bond donors (Lipinski definition) is 0. The van der Waals surface area contributed by atoms with Crippen molar-refractivity contribution in [2.45, 2.75) is 32.4 Å². The van der Waals surface area contributed by atoms with Crippen LogP contribution in [0.15, 0.2) is 55.0 Å². The Morgan fingerprint density at radius 1 is 1.19 bits per heavy atom. The topological polar surface area (TPSA) is 57.7 Å². The standard InChI is InChI=1S/C22H23N5/c1-17-13-25-22(19-8-4-10-24-14-19)27(17)21-9-5-11-26(16-21)15-20-7-3-2-6-18(20)12-23/h2-4,6-8,10,13-14,21H,5,9,11,15-16H2,1H3. The van der Waals surface area contributed by atoms with Crippen LogP contribution in [0, 0.1) is 18.3 Å². The molecule has 4 rings (SSSR count). The number of piperidine rings is 1. The van der Waals surface area contributed by atoms with Gasteiger partial charge in [-0.1, -0.05) is 18.2 Å². The minimum absolute atomic E-state index is 0.380. The van der Waals surface area contributed by atoms with Crippen LogP contribution in [0.1, 0.15) is 35.7 Å². The van der Waals surface area contributed by atoms with Gasteiger partial charge in [0.15, 0.2) is 0 Å². The highest BCUT2D eigenvalue weighted by Crippen LogP contribution is 2.29. The number of rotatable bonds is 4. The molecule has 1 aliphatic heterocycles. The molecule has 1 aromatic carbocycles. The molecular formula is C22H23N5. The maximum Gasteiger partial charge on any atom is 0.141 e. The summed E-state index contributed by atoms with van der Waals surface area (Å²) >= 11 is 0. The predicted molar refractivity (Wildman–Crippen MR) is 105 cm³/mol. The van der Waals surface area contributed by atoms with Crippen molar-refractivity contribution >= 4 is 0 Å². The normalized spacial score (nSPS) is 17.6. The number of nitrogens with zero attached hydrogens (tertiary/aromatic N) is 5. The first kappa shape index (κ1) is 17.4. The van der Waals surface area contributed by atoms with E-state index < -0.39 is 0 Å². The Hall–Kier alpha value is -2.97. The summed E-state index contributed by atoms with van der Waals surface area (Å²) in [5.74, 6) is 0.991. The highest BCUT2D eigenvalue weighted by atomic mass is 15.2. The number of benzene rings is 1. The Kier molecular flexibility index (Phi) is 4.99. The minimum atomic E-state index is 0.380. The van der Waals surface area contributed by atoms with Crippen LogP contribution in [0.25, 0.3) is 11.4 Å². The molecule has 0 aliphatic carbocycles. The zero-order valence-corrected chi connectivity index (χ0v) is 15.5. The van der Waals surface area contributed by atoms with Gasteiger partial charge >= 0.3 is 0 Å². The van der Waals surface area contributed by atoms with Crippen molar-refractivity contribution in [3.05, 3.63) is 71.8 Å². The van der Waals surface area contributed by atoms with Crippen LogP contribution in [0.2, 0.25) is 0 Å². The summed E-state index contributed by atoms with van der Waals surface area (Å²) in [6, 6.07) is 14.6. The van der Waals surface area contributed by atoms with Crippen LogP contribution in [0.3, 0.4) is 0 Å². The van der Waals surface area contributed by atoms with E-state index in [1.807, 2.05) is 36.7 Å². The first-order valence-corrected chi connectivity index (χ1v) is 9.41. The van der Waals surface area contributed by atoms with Crippen molar-refractivity contribution in [3.8, 4) is 17.5 Å². The fourth-order valence-electron chi connectivity index (χ4n) is 4.01. The number of likely N-dealkylation sites (tertiary alicyclic amines) is 1. The van der Waals surface area contributed by atoms with E-state index in [4.69, 9.17) is 0 Å². The Morgan fingerprint density at radius 3 is 2.89 bits per heavy atom. The molecule has 1 aliphatic rings. The molecule has 27 heavy (non-hydrogen) atoms. The summed E-state index contributed by atoms with van der Waals surface area (Å²) in [6.07, 6.45) is 7.90. The quantitative estimate of drug-likeness (QED) is 0.709. The highest BCUT2D eigenvalue weighted by molar-refractivity contribution is 5.54. The Labute approximate surface area is 159 Å². The summed E-state index contributed by atoms with van der Waals surface area (Å²) in [6.45, 7) is 4.96. The molecule has 0 bridgehead atoms. The van der Waals surface area contributed by atoms with Gasteiger partial charge in [0.25, 0.3) is 0 Å². The predicted octanol–water partition coefficient (Wildman–Crippen LogP) is 3.96. The molecular weight excluding hydrogens is 334 g/mol. The maximum atomic E-state index is 9.36. The molecule has 0 amide bonds. The molecule has 1 fully saturated rings.